The summed E-state index contributed by atoms with van der Waals surface area (Å²) in [6.45, 7) is 0.674. The van der Waals surface area contributed by atoms with Gasteiger partial charge in [0.1, 0.15) is 0 Å². The number of carbonyl (C=O) groups is 2. The van der Waals surface area contributed by atoms with E-state index in [1.165, 1.54) is 19.1 Å². The molecule has 148 valence electrons. The van der Waals surface area contributed by atoms with Gasteiger partial charge in [0.2, 0.25) is 5.91 Å². The lowest BCUT2D eigenvalue weighted by Gasteiger charge is -2.18. The van der Waals surface area contributed by atoms with E-state index in [4.69, 9.17) is 15.2 Å². The average Bonchev–Trinajstić information content (AvgIpc) is 2.60. The number of rotatable bonds is 10. The summed E-state index contributed by atoms with van der Waals surface area (Å²) in [7, 11) is 6.32. The van der Waals surface area contributed by atoms with Gasteiger partial charge in [0.05, 0.1) is 25.5 Å². The van der Waals surface area contributed by atoms with E-state index in [-0.39, 0.29) is 24.2 Å². The Bertz CT molecular complexity index is 594. The number of nitrogens with two attached hydrogens (primary N) is 1. The molecule has 26 heavy (non-hydrogen) atoms. The third kappa shape index (κ3) is 7.09. The number of anilines is 1. The lowest BCUT2D eigenvalue weighted by molar-refractivity contribution is -0.116. The molecule has 0 unspecified atom stereocenters. The van der Waals surface area contributed by atoms with Crippen molar-refractivity contribution < 1.29 is 19.1 Å². The number of hydrogen-bond acceptors (Lipinski definition) is 5. The molecular weight excluding hydrogens is 358 g/mol. The fourth-order valence-corrected chi connectivity index (χ4v) is 2.40. The fourth-order valence-electron chi connectivity index (χ4n) is 2.40. The molecule has 3 N–H and O–H groups in total. The van der Waals surface area contributed by atoms with Gasteiger partial charge in [-0.15, -0.1) is 12.4 Å². The molecule has 0 fully saturated rings. The molecule has 7 nitrogen and oxygen atoms in total. The topological polar surface area (TPSA) is 93.9 Å². The summed E-state index contributed by atoms with van der Waals surface area (Å²) >= 11 is 0. The largest absolute Gasteiger partial charge is 0.493 e. The lowest BCUT2D eigenvalue weighted by Crippen LogP contribution is -2.24. The number of methoxy groups -OCH3 is 2. The van der Waals surface area contributed by atoms with E-state index < -0.39 is 0 Å². The number of amides is 2. The van der Waals surface area contributed by atoms with Crippen LogP contribution in [0.25, 0.3) is 0 Å². The molecule has 0 aliphatic carbocycles. The highest BCUT2D eigenvalue weighted by Gasteiger charge is 2.19. The van der Waals surface area contributed by atoms with Crippen molar-refractivity contribution in [2.75, 3.05) is 40.2 Å². The van der Waals surface area contributed by atoms with Gasteiger partial charge in [-0.25, -0.2) is 0 Å². The molecule has 1 aromatic carbocycles. The summed E-state index contributed by atoms with van der Waals surface area (Å²) < 4.78 is 10.5. The lowest BCUT2D eigenvalue weighted by atomic mass is 10.1. The second-order valence-electron chi connectivity index (χ2n) is 5.95. The minimum absolute atomic E-state index is 0. The van der Waals surface area contributed by atoms with Crippen LogP contribution in [0.3, 0.4) is 0 Å². The van der Waals surface area contributed by atoms with Crippen molar-refractivity contribution in [1.29, 1.82) is 0 Å². The van der Waals surface area contributed by atoms with Gasteiger partial charge in [-0.1, -0.05) is 12.8 Å². The maximum absolute atomic E-state index is 12.4. The summed E-state index contributed by atoms with van der Waals surface area (Å²) in [6.07, 6.45) is 4.13. The molecule has 0 spiro atoms. The molecule has 0 aliphatic rings. The van der Waals surface area contributed by atoms with Crippen LogP contribution in [0.2, 0.25) is 0 Å². The Labute approximate surface area is 161 Å². The summed E-state index contributed by atoms with van der Waals surface area (Å²) in [5, 5.41) is 2.82. The van der Waals surface area contributed by atoms with Crippen LogP contribution >= 0.6 is 12.4 Å². The Morgan fingerprint density at radius 1 is 1.04 bits per heavy atom. The van der Waals surface area contributed by atoms with E-state index in [0.717, 1.165) is 25.7 Å². The Balaban J connectivity index is 0.00000625. The van der Waals surface area contributed by atoms with Gasteiger partial charge in [0.25, 0.3) is 5.91 Å². The first-order valence-corrected chi connectivity index (χ1v) is 8.42. The van der Waals surface area contributed by atoms with E-state index in [2.05, 4.69) is 5.32 Å². The van der Waals surface area contributed by atoms with Crippen molar-refractivity contribution in [2.24, 2.45) is 5.73 Å². The molecule has 1 rings (SSSR count). The first-order valence-electron chi connectivity index (χ1n) is 8.42. The van der Waals surface area contributed by atoms with E-state index in [9.17, 15) is 9.59 Å². The third-order valence-corrected chi connectivity index (χ3v) is 3.79. The molecule has 2 amide bonds. The van der Waals surface area contributed by atoms with Gasteiger partial charge < -0.3 is 25.4 Å². The van der Waals surface area contributed by atoms with Gasteiger partial charge in [-0.2, -0.15) is 0 Å². The van der Waals surface area contributed by atoms with Gasteiger partial charge in [-0.3, -0.25) is 9.59 Å². The molecule has 0 radical (unpaired) electrons. The highest BCUT2D eigenvalue weighted by molar-refractivity contribution is 6.04. The van der Waals surface area contributed by atoms with Crippen molar-refractivity contribution in [3.8, 4) is 11.5 Å². The van der Waals surface area contributed by atoms with Gasteiger partial charge in [-0.05, 0) is 25.5 Å². The quantitative estimate of drug-likeness (QED) is 0.602. The van der Waals surface area contributed by atoms with Crippen molar-refractivity contribution in [1.82, 2.24) is 4.90 Å². The number of carbonyl (C=O) groups excluding carboxylic acids is 2. The number of nitrogens with zero attached hydrogens (tertiary/aromatic N) is 1. The maximum Gasteiger partial charge on any atom is 0.255 e. The Morgan fingerprint density at radius 3 is 2.15 bits per heavy atom. The first kappa shape index (κ1) is 24.0. The van der Waals surface area contributed by atoms with Gasteiger partial charge in [0.15, 0.2) is 11.5 Å². The normalized spacial score (nSPS) is 9.88. The minimum Gasteiger partial charge on any atom is -0.493 e. The third-order valence-electron chi connectivity index (χ3n) is 3.79. The van der Waals surface area contributed by atoms with Crippen LogP contribution in [0.15, 0.2) is 12.1 Å². The van der Waals surface area contributed by atoms with Gasteiger partial charge in [0, 0.05) is 26.6 Å². The minimum atomic E-state index is -0.223. The summed E-state index contributed by atoms with van der Waals surface area (Å²) in [5.74, 6) is 0.538. The number of halogens is 1. The fraction of sp³-hybridized carbons (Fsp3) is 0.556. The molecule has 0 bridgehead atoms. The van der Waals surface area contributed by atoms with Crippen LogP contribution in [0.4, 0.5) is 5.69 Å². The zero-order chi connectivity index (χ0) is 18.8. The number of benzene rings is 1. The maximum atomic E-state index is 12.4. The first-order chi connectivity index (χ1) is 11.9. The molecule has 0 aliphatic heterocycles. The average molecular weight is 388 g/mol. The smallest absolute Gasteiger partial charge is 0.255 e. The Morgan fingerprint density at radius 2 is 1.62 bits per heavy atom. The zero-order valence-corrected chi connectivity index (χ0v) is 16.8. The van der Waals surface area contributed by atoms with E-state index in [0.29, 0.717) is 35.7 Å². The van der Waals surface area contributed by atoms with Gasteiger partial charge >= 0.3 is 0 Å². The van der Waals surface area contributed by atoms with Crippen LogP contribution in [0, 0.1) is 0 Å². The van der Waals surface area contributed by atoms with Crippen molar-refractivity contribution in [3.63, 3.8) is 0 Å². The van der Waals surface area contributed by atoms with E-state index >= 15 is 0 Å². The molecule has 1 aromatic rings. The Hall–Kier alpha value is -1.99. The van der Waals surface area contributed by atoms with Crippen molar-refractivity contribution in [2.45, 2.75) is 32.1 Å². The number of ether oxygens (including phenoxy) is 2. The molecule has 0 saturated carbocycles. The van der Waals surface area contributed by atoms with Crippen LogP contribution < -0.4 is 20.5 Å². The number of nitrogens with one attached hydrogen (secondary N) is 1. The predicted molar refractivity (Wildman–Crippen MR) is 106 cm³/mol. The molecule has 8 heteroatoms. The molecule has 0 aromatic heterocycles. The standard InChI is InChI=1S/C18H29N3O4.ClH/c1-21(2)18(23)13-11-15(24-3)16(25-4)12-14(13)20-17(22)9-7-5-6-8-10-19;/h11-12H,5-10,19H2,1-4H3,(H,20,22);1H. The summed E-state index contributed by atoms with van der Waals surface area (Å²) in [4.78, 5) is 26.1. The molecule has 0 heterocycles. The summed E-state index contributed by atoms with van der Waals surface area (Å²) in [5.41, 5.74) is 6.24. The van der Waals surface area contributed by atoms with E-state index in [1.54, 1.807) is 26.2 Å². The molecular formula is C18H30ClN3O4. The number of unbranched alkanes of at least 4 members (excludes halogenated alkanes) is 3. The van der Waals surface area contributed by atoms with Crippen LogP contribution in [-0.4, -0.2) is 51.6 Å². The van der Waals surface area contributed by atoms with Crippen molar-refractivity contribution >= 4 is 29.9 Å². The second-order valence-corrected chi connectivity index (χ2v) is 5.95. The van der Waals surface area contributed by atoms with Crippen molar-refractivity contribution in [3.05, 3.63) is 17.7 Å². The molecule has 0 saturated heterocycles. The predicted octanol–water partition coefficient (Wildman–Crippen LogP) is 2.68. The second kappa shape index (κ2) is 12.4. The van der Waals surface area contributed by atoms with Crippen LogP contribution in [-0.2, 0) is 4.79 Å². The van der Waals surface area contributed by atoms with E-state index in [1.807, 2.05) is 0 Å². The highest BCUT2D eigenvalue weighted by Crippen LogP contribution is 2.34. The Kier molecular flexibility index (Phi) is 11.4. The summed E-state index contributed by atoms with van der Waals surface area (Å²) in [6, 6.07) is 3.19. The highest BCUT2D eigenvalue weighted by atomic mass is 35.5. The zero-order valence-electron chi connectivity index (χ0n) is 16.0. The SMILES string of the molecule is COc1cc(NC(=O)CCCCCCN)c(C(=O)N(C)C)cc1OC.Cl. The van der Waals surface area contributed by atoms with Crippen LogP contribution in [0.5, 0.6) is 11.5 Å². The van der Waals surface area contributed by atoms with Crippen LogP contribution in [0.1, 0.15) is 42.5 Å². The molecule has 0 atom stereocenters. The monoisotopic (exact) mass is 387 g/mol. The number of hydrogen-bond donors (Lipinski definition) is 2.